The van der Waals surface area contributed by atoms with Gasteiger partial charge in [0.25, 0.3) is 5.91 Å². The first-order valence-corrected chi connectivity index (χ1v) is 12.0. The summed E-state index contributed by atoms with van der Waals surface area (Å²) < 4.78 is 38.1. The Morgan fingerprint density at radius 1 is 0.939 bits per heavy atom. The maximum absolute atomic E-state index is 12.8. The molecule has 0 radical (unpaired) electrons. The molecular formula is C25H28N2O5S. The zero-order chi connectivity index (χ0) is 23.7. The number of hydrogen-bond acceptors (Lipinski definition) is 5. The Kier molecular flexibility index (Phi) is 8.59. The second kappa shape index (κ2) is 11.6. The third-order valence-electron chi connectivity index (χ3n) is 4.96. The Hall–Kier alpha value is -3.20. The molecule has 0 fully saturated rings. The molecule has 8 heteroatoms. The summed E-state index contributed by atoms with van der Waals surface area (Å²) in [5.41, 5.74) is 2.93. The number of carbonyl (C=O) groups is 1. The van der Waals surface area contributed by atoms with Crippen LogP contribution in [0.3, 0.4) is 0 Å². The lowest BCUT2D eigenvalue weighted by atomic mass is 10.1. The molecule has 7 nitrogen and oxygen atoms in total. The third kappa shape index (κ3) is 7.15. The SMILES string of the molecule is COCCNS(=O)(=O)c1ccc(C)c(C(=O)NCc2cccc(OCc3ccccc3)c2)c1. The van der Waals surface area contributed by atoms with Crippen molar-refractivity contribution in [1.29, 1.82) is 0 Å². The average molecular weight is 469 g/mol. The van der Waals surface area contributed by atoms with Crippen LogP contribution in [0.4, 0.5) is 0 Å². The van der Waals surface area contributed by atoms with E-state index in [1.807, 2.05) is 54.6 Å². The molecule has 174 valence electrons. The quantitative estimate of drug-likeness (QED) is 0.421. The van der Waals surface area contributed by atoms with Gasteiger partial charge in [0.15, 0.2) is 0 Å². The molecule has 0 aliphatic rings. The van der Waals surface area contributed by atoms with Crippen LogP contribution in [0, 0.1) is 6.92 Å². The fraction of sp³-hybridized carbons (Fsp3) is 0.240. The Morgan fingerprint density at radius 2 is 1.70 bits per heavy atom. The second-order valence-electron chi connectivity index (χ2n) is 7.47. The predicted molar refractivity (Wildman–Crippen MR) is 127 cm³/mol. The Labute approximate surface area is 194 Å². The number of carbonyl (C=O) groups excluding carboxylic acids is 1. The summed E-state index contributed by atoms with van der Waals surface area (Å²) in [6.45, 7) is 2.91. The summed E-state index contributed by atoms with van der Waals surface area (Å²) in [6, 6.07) is 21.9. The molecule has 0 heterocycles. The predicted octanol–water partition coefficient (Wildman–Crippen LogP) is 3.43. The van der Waals surface area contributed by atoms with Crippen molar-refractivity contribution in [1.82, 2.24) is 10.0 Å². The molecule has 33 heavy (non-hydrogen) atoms. The maximum atomic E-state index is 12.8. The van der Waals surface area contributed by atoms with Crippen LogP contribution < -0.4 is 14.8 Å². The summed E-state index contributed by atoms with van der Waals surface area (Å²) in [5.74, 6) is 0.356. The topological polar surface area (TPSA) is 93.7 Å². The van der Waals surface area contributed by atoms with Crippen molar-refractivity contribution in [3.05, 3.63) is 95.1 Å². The van der Waals surface area contributed by atoms with Crippen molar-refractivity contribution in [2.45, 2.75) is 25.0 Å². The van der Waals surface area contributed by atoms with Gasteiger partial charge in [0, 0.05) is 25.8 Å². The molecule has 0 bridgehead atoms. The molecule has 1 amide bonds. The van der Waals surface area contributed by atoms with Crippen LogP contribution in [0.1, 0.15) is 27.0 Å². The largest absolute Gasteiger partial charge is 0.489 e. The number of ether oxygens (including phenoxy) is 2. The zero-order valence-corrected chi connectivity index (χ0v) is 19.5. The number of methoxy groups -OCH3 is 1. The van der Waals surface area contributed by atoms with Gasteiger partial charge in [-0.3, -0.25) is 4.79 Å². The summed E-state index contributed by atoms with van der Waals surface area (Å²) in [5, 5.41) is 2.86. The van der Waals surface area contributed by atoms with E-state index < -0.39 is 10.0 Å². The lowest BCUT2D eigenvalue weighted by molar-refractivity contribution is 0.0950. The van der Waals surface area contributed by atoms with E-state index in [0.29, 0.717) is 23.5 Å². The second-order valence-corrected chi connectivity index (χ2v) is 9.24. The van der Waals surface area contributed by atoms with Gasteiger partial charge in [0.2, 0.25) is 10.0 Å². The first-order valence-electron chi connectivity index (χ1n) is 10.5. The molecule has 0 aliphatic heterocycles. The number of nitrogens with one attached hydrogen (secondary N) is 2. The summed E-state index contributed by atoms with van der Waals surface area (Å²) in [6.07, 6.45) is 0. The highest BCUT2D eigenvalue weighted by molar-refractivity contribution is 7.89. The van der Waals surface area contributed by atoms with Crippen molar-refractivity contribution in [2.75, 3.05) is 20.3 Å². The highest BCUT2D eigenvalue weighted by Crippen LogP contribution is 2.18. The van der Waals surface area contributed by atoms with Crippen molar-refractivity contribution in [3.8, 4) is 5.75 Å². The summed E-state index contributed by atoms with van der Waals surface area (Å²) >= 11 is 0. The van der Waals surface area contributed by atoms with Gasteiger partial charge >= 0.3 is 0 Å². The number of hydrogen-bond donors (Lipinski definition) is 2. The minimum atomic E-state index is -3.73. The molecule has 0 unspecified atom stereocenters. The smallest absolute Gasteiger partial charge is 0.251 e. The zero-order valence-electron chi connectivity index (χ0n) is 18.7. The fourth-order valence-corrected chi connectivity index (χ4v) is 4.18. The Bertz CT molecular complexity index is 1180. The summed E-state index contributed by atoms with van der Waals surface area (Å²) in [7, 11) is -2.24. The molecule has 3 aromatic rings. The molecular weight excluding hydrogens is 440 g/mol. The molecule has 0 aromatic heterocycles. The Balaban J connectivity index is 1.63. The highest BCUT2D eigenvalue weighted by atomic mass is 32.2. The van der Waals surface area contributed by atoms with Crippen LogP contribution in [0.5, 0.6) is 5.75 Å². The van der Waals surface area contributed by atoms with Gasteiger partial charge in [-0.25, -0.2) is 13.1 Å². The fourth-order valence-electron chi connectivity index (χ4n) is 3.14. The van der Waals surface area contributed by atoms with Gasteiger partial charge in [-0.15, -0.1) is 0 Å². The molecule has 0 saturated heterocycles. The molecule has 0 saturated carbocycles. The van der Waals surface area contributed by atoms with Crippen LogP contribution in [0.25, 0.3) is 0 Å². The average Bonchev–Trinajstić information content (AvgIpc) is 2.82. The van der Waals surface area contributed by atoms with Crippen molar-refractivity contribution in [3.63, 3.8) is 0 Å². The van der Waals surface area contributed by atoms with Gasteiger partial charge < -0.3 is 14.8 Å². The minimum absolute atomic E-state index is 0.0330. The normalized spacial score (nSPS) is 11.2. The van der Waals surface area contributed by atoms with Crippen LogP contribution in [0.2, 0.25) is 0 Å². The number of rotatable bonds is 11. The van der Waals surface area contributed by atoms with E-state index in [9.17, 15) is 13.2 Å². The number of amides is 1. The van der Waals surface area contributed by atoms with Crippen LogP contribution in [-0.4, -0.2) is 34.6 Å². The van der Waals surface area contributed by atoms with Gasteiger partial charge in [-0.1, -0.05) is 48.5 Å². The molecule has 3 rings (SSSR count). The molecule has 0 atom stereocenters. The standard InChI is InChI=1S/C25H28N2O5S/c1-19-11-12-23(33(29,30)27-13-14-31-2)16-24(19)25(28)26-17-21-9-6-10-22(15-21)32-18-20-7-4-3-5-8-20/h3-12,15-16,27H,13-14,17-18H2,1-2H3,(H,26,28). The van der Waals surface area contributed by atoms with E-state index in [4.69, 9.17) is 9.47 Å². The van der Waals surface area contributed by atoms with Crippen LogP contribution in [-0.2, 0) is 27.9 Å². The number of aryl methyl sites for hydroxylation is 1. The van der Waals surface area contributed by atoms with Crippen molar-refractivity contribution in [2.24, 2.45) is 0 Å². The van der Waals surface area contributed by atoms with Crippen LogP contribution >= 0.6 is 0 Å². The van der Waals surface area contributed by atoms with E-state index >= 15 is 0 Å². The minimum Gasteiger partial charge on any atom is -0.489 e. The summed E-state index contributed by atoms with van der Waals surface area (Å²) in [4.78, 5) is 12.8. The lowest BCUT2D eigenvalue weighted by Crippen LogP contribution is -2.28. The van der Waals surface area contributed by atoms with E-state index in [-0.39, 0.29) is 30.5 Å². The monoisotopic (exact) mass is 468 g/mol. The van der Waals surface area contributed by atoms with Gasteiger partial charge in [-0.05, 0) is 47.9 Å². The van der Waals surface area contributed by atoms with Crippen molar-refractivity contribution < 1.29 is 22.7 Å². The van der Waals surface area contributed by atoms with Crippen molar-refractivity contribution >= 4 is 15.9 Å². The maximum Gasteiger partial charge on any atom is 0.251 e. The molecule has 0 aliphatic carbocycles. The van der Waals surface area contributed by atoms with E-state index in [1.165, 1.54) is 19.2 Å². The van der Waals surface area contributed by atoms with Gasteiger partial charge in [0.1, 0.15) is 12.4 Å². The van der Waals surface area contributed by atoms with Gasteiger partial charge in [-0.2, -0.15) is 0 Å². The lowest BCUT2D eigenvalue weighted by Gasteiger charge is -2.12. The first-order chi connectivity index (χ1) is 15.9. The number of sulfonamides is 1. The highest BCUT2D eigenvalue weighted by Gasteiger charge is 2.17. The molecule has 3 aromatic carbocycles. The first kappa shape index (κ1) is 24.4. The van der Waals surface area contributed by atoms with Crippen LogP contribution in [0.15, 0.2) is 77.7 Å². The van der Waals surface area contributed by atoms with E-state index in [1.54, 1.807) is 13.0 Å². The third-order valence-corrected chi connectivity index (χ3v) is 6.42. The van der Waals surface area contributed by atoms with Gasteiger partial charge in [0.05, 0.1) is 11.5 Å². The van der Waals surface area contributed by atoms with E-state index in [2.05, 4.69) is 10.0 Å². The Morgan fingerprint density at radius 3 is 2.45 bits per heavy atom. The number of benzene rings is 3. The van der Waals surface area contributed by atoms with E-state index in [0.717, 1.165) is 11.1 Å². The molecule has 2 N–H and O–H groups in total. The molecule has 0 spiro atoms.